The van der Waals surface area contributed by atoms with Gasteiger partial charge in [-0.25, -0.2) is 13.6 Å². The maximum Gasteiger partial charge on any atom is 0.380 e. The fraction of sp³-hybridized carbons (Fsp3) is 0.500. The zero-order valence-corrected chi connectivity index (χ0v) is 12.5. The molecular weight excluding hydrogens is 368 g/mol. The first-order valence-electron chi connectivity index (χ1n) is 6.62. The number of carbonyl (C=O) groups excluding carboxylic acids is 1. The Bertz CT molecular complexity index is 577. The van der Waals surface area contributed by atoms with E-state index in [2.05, 4.69) is 9.47 Å². The second-order valence-electron chi connectivity index (χ2n) is 4.85. The van der Waals surface area contributed by atoms with Crippen LogP contribution in [-0.4, -0.2) is 43.1 Å². The topological polar surface area (TPSA) is 35.5 Å². The van der Waals surface area contributed by atoms with Crippen molar-refractivity contribution in [1.82, 2.24) is 0 Å². The highest BCUT2D eigenvalue weighted by atomic mass is 19.4. The van der Waals surface area contributed by atoms with Crippen molar-refractivity contribution >= 4 is 5.97 Å². The number of hydrogen-bond donors (Lipinski definition) is 0. The Hall–Kier alpha value is -1.91. The smallest absolute Gasteiger partial charge is 0.380 e. The van der Waals surface area contributed by atoms with Gasteiger partial charge in [0.25, 0.3) is 0 Å². The number of hydrogen-bond acceptors (Lipinski definition) is 3. The summed E-state index contributed by atoms with van der Waals surface area (Å²) in [7, 11) is 0. The van der Waals surface area contributed by atoms with Crippen molar-refractivity contribution in [3.8, 4) is 0 Å². The molecule has 142 valence electrons. The Morgan fingerprint density at radius 1 is 1.04 bits per heavy atom. The Kier molecular flexibility index (Phi) is 6.38. The van der Waals surface area contributed by atoms with Gasteiger partial charge in [-0.2, -0.15) is 26.3 Å². The number of rotatable bonds is 8. The van der Waals surface area contributed by atoms with Crippen molar-refractivity contribution in [1.29, 1.82) is 0 Å². The van der Waals surface area contributed by atoms with Crippen molar-refractivity contribution in [2.45, 2.75) is 37.4 Å². The molecule has 0 saturated heterocycles. The molecule has 1 aromatic carbocycles. The average molecular weight is 380 g/mol. The minimum atomic E-state index is -6.38. The van der Waals surface area contributed by atoms with Crippen LogP contribution >= 0.6 is 0 Å². The summed E-state index contributed by atoms with van der Waals surface area (Å²) in [5, 5.41) is 0. The van der Waals surface area contributed by atoms with E-state index in [0.717, 1.165) is 6.92 Å². The van der Waals surface area contributed by atoms with Gasteiger partial charge in [-0.05, 0) is 19.1 Å². The predicted molar refractivity (Wildman–Crippen MR) is 68.1 cm³/mol. The summed E-state index contributed by atoms with van der Waals surface area (Å²) in [5.41, 5.74) is -0.0146. The fourth-order valence-corrected chi connectivity index (χ4v) is 1.52. The lowest BCUT2D eigenvalue weighted by atomic mass is 10.1. The molecule has 0 aromatic heterocycles. The maximum atomic E-state index is 13.2. The molecule has 0 heterocycles. The molecule has 1 atom stereocenters. The van der Waals surface area contributed by atoms with E-state index >= 15 is 0 Å². The number of ether oxygens (including phenoxy) is 2. The fourth-order valence-electron chi connectivity index (χ4n) is 1.52. The summed E-state index contributed by atoms with van der Waals surface area (Å²) in [4.78, 5) is 11.6. The van der Waals surface area contributed by atoms with Crippen LogP contribution in [0.3, 0.4) is 0 Å². The molecule has 25 heavy (non-hydrogen) atoms. The second kappa shape index (κ2) is 7.54. The molecule has 11 heteroatoms. The van der Waals surface area contributed by atoms with E-state index in [1.54, 1.807) is 6.07 Å². The Morgan fingerprint density at radius 3 is 2.04 bits per heavy atom. The minimum absolute atomic E-state index is 0.0146. The molecule has 0 amide bonds. The van der Waals surface area contributed by atoms with Crippen LogP contribution < -0.4 is 0 Å². The van der Waals surface area contributed by atoms with Crippen LogP contribution in [0.25, 0.3) is 0 Å². The normalized spacial score (nSPS) is 14.5. The van der Waals surface area contributed by atoms with E-state index in [9.17, 15) is 39.9 Å². The number of benzene rings is 1. The van der Waals surface area contributed by atoms with E-state index in [1.165, 1.54) is 24.3 Å². The lowest BCUT2D eigenvalue weighted by Gasteiger charge is -2.32. The zero-order valence-electron chi connectivity index (χ0n) is 12.5. The summed E-state index contributed by atoms with van der Waals surface area (Å²) in [5.74, 6) is -19.3. The summed E-state index contributed by atoms with van der Waals surface area (Å²) in [6.45, 7) is -1.51. The molecule has 0 spiro atoms. The lowest BCUT2D eigenvalue weighted by Crippen LogP contribution is -2.59. The Morgan fingerprint density at radius 2 is 1.56 bits per heavy atom. The first-order valence-corrected chi connectivity index (χ1v) is 6.62. The predicted octanol–water partition coefficient (Wildman–Crippen LogP) is 4.38. The molecule has 0 saturated carbocycles. The molecule has 0 aliphatic carbocycles. The van der Waals surface area contributed by atoms with Gasteiger partial charge in [0.05, 0.1) is 5.56 Å². The zero-order chi connectivity index (χ0) is 19.5. The van der Waals surface area contributed by atoms with Gasteiger partial charge in [-0.15, -0.1) is 0 Å². The monoisotopic (exact) mass is 380 g/mol. The van der Waals surface area contributed by atoms with E-state index in [4.69, 9.17) is 0 Å². The number of halogens is 8. The van der Waals surface area contributed by atoms with Crippen LogP contribution in [0.15, 0.2) is 30.3 Å². The molecule has 0 aliphatic rings. The van der Waals surface area contributed by atoms with Gasteiger partial charge in [-0.3, -0.25) is 0 Å². The Labute approximate surface area is 136 Å². The maximum absolute atomic E-state index is 13.2. The molecule has 3 nitrogen and oxygen atoms in total. The molecule has 1 rings (SSSR count). The van der Waals surface area contributed by atoms with Crippen molar-refractivity contribution in [2.24, 2.45) is 0 Å². The van der Waals surface area contributed by atoms with Gasteiger partial charge in [-0.1, -0.05) is 18.2 Å². The molecule has 1 aromatic rings. The van der Waals surface area contributed by atoms with Gasteiger partial charge in [0.2, 0.25) is 6.29 Å². The van der Waals surface area contributed by atoms with Crippen molar-refractivity contribution < 1.29 is 49.4 Å². The molecule has 0 N–H and O–H groups in total. The van der Waals surface area contributed by atoms with E-state index in [1.807, 2.05) is 0 Å². The number of alkyl halides is 8. The van der Waals surface area contributed by atoms with Crippen LogP contribution in [0.2, 0.25) is 0 Å². The van der Waals surface area contributed by atoms with Crippen molar-refractivity contribution in [2.75, 3.05) is 6.61 Å². The van der Waals surface area contributed by atoms with Crippen LogP contribution in [0.5, 0.6) is 0 Å². The molecule has 0 radical (unpaired) electrons. The van der Waals surface area contributed by atoms with E-state index in [0.29, 0.717) is 0 Å². The van der Waals surface area contributed by atoms with Gasteiger partial charge in [0.1, 0.15) is 6.61 Å². The minimum Gasteiger partial charge on any atom is -0.432 e. The SMILES string of the molecule is CC(OCC(F)(F)C(F)(F)C(F)(F)C(F)F)OC(=O)c1ccccc1. The van der Waals surface area contributed by atoms with Gasteiger partial charge >= 0.3 is 30.2 Å². The van der Waals surface area contributed by atoms with Crippen LogP contribution in [0.1, 0.15) is 17.3 Å². The van der Waals surface area contributed by atoms with Gasteiger partial charge in [0, 0.05) is 0 Å². The van der Waals surface area contributed by atoms with Crippen LogP contribution in [0, 0.1) is 0 Å². The molecule has 0 bridgehead atoms. The lowest BCUT2D eigenvalue weighted by molar-refractivity contribution is -0.350. The quantitative estimate of drug-likeness (QED) is 0.382. The number of carbonyl (C=O) groups is 1. The van der Waals surface area contributed by atoms with Crippen molar-refractivity contribution in [3.05, 3.63) is 35.9 Å². The first kappa shape index (κ1) is 21.1. The third-order valence-electron chi connectivity index (χ3n) is 2.93. The molecular formula is C14H12F8O3. The number of esters is 1. The van der Waals surface area contributed by atoms with Crippen LogP contribution in [0.4, 0.5) is 35.1 Å². The summed E-state index contributed by atoms with van der Waals surface area (Å²) in [6.07, 6.45) is -6.84. The third-order valence-corrected chi connectivity index (χ3v) is 2.93. The standard InChI is InChI=1S/C14H12F8O3/c1-8(25-10(23)9-5-3-2-4-6-9)24-7-12(17,18)14(21,22)13(19,20)11(15)16/h2-6,8,11H,7H2,1H3. The Balaban J connectivity index is 2.70. The largest absolute Gasteiger partial charge is 0.432 e. The van der Waals surface area contributed by atoms with E-state index < -0.39 is 43.1 Å². The molecule has 1 unspecified atom stereocenters. The summed E-state index contributed by atoms with van der Waals surface area (Å²) in [6, 6.07) is 7.04. The second-order valence-corrected chi connectivity index (χ2v) is 4.85. The van der Waals surface area contributed by atoms with E-state index in [-0.39, 0.29) is 5.56 Å². The van der Waals surface area contributed by atoms with Gasteiger partial charge in [0.15, 0.2) is 0 Å². The van der Waals surface area contributed by atoms with Gasteiger partial charge < -0.3 is 9.47 Å². The highest BCUT2D eigenvalue weighted by Crippen LogP contribution is 2.48. The summed E-state index contributed by atoms with van der Waals surface area (Å²) >= 11 is 0. The summed E-state index contributed by atoms with van der Waals surface area (Å²) < 4.78 is 110. The molecule has 0 aliphatic heterocycles. The van der Waals surface area contributed by atoms with Crippen molar-refractivity contribution in [3.63, 3.8) is 0 Å². The molecule has 0 fully saturated rings. The average Bonchev–Trinajstić information content (AvgIpc) is 2.53. The highest BCUT2D eigenvalue weighted by Gasteiger charge is 2.75. The highest BCUT2D eigenvalue weighted by molar-refractivity contribution is 5.89. The third kappa shape index (κ3) is 4.59. The van der Waals surface area contributed by atoms with Crippen LogP contribution in [-0.2, 0) is 9.47 Å². The first-order chi connectivity index (χ1) is 11.3.